The van der Waals surface area contributed by atoms with Crippen LogP contribution in [-0.2, 0) is 0 Å². The van der Waals surface area contributed by atoms with E-state index in [1.807, 2.05) is 36.4 Å². The van der Waals surface area contributed by atoms with Crippen molar-refractivity contribution in [3.05, 3.63) is 53.0 Å². The van der Waals surface area contributed by atoms with E-state index >= 15 is 0 Å². The summed E-state index contributed by atoms with van der Waals surface area (Å²) in [6.45, 7) is 0. The van der Waals surface area contributed by atoms with Crippen molar-refractivity contribution in [2.24, 2.45) is 0 Å². The van der Waals surface area contributed by atoms with Crippen LogP contribution in [-0.4, -0.2) is 0 Å². The predicted octanol–water partition coefficient (Wildman–Crippen LogP) is 4.18. The molecule has 0 radical (unpaired) electrons. The van der Waals surface area contributed by atoms with Crippen LogP contribution in [0.1, 0.15) is 0 Å². The molecule has 0 heterocycles. The zero-order chi connectivity index (χ0) is 10.7. The molecule has 0 saturated carbocycles. The Morgan fingerprint density at radius 2 is 1.60 bits per heavy atom. The third kappa shape index (κ3) is 2.76. The van der Waals surface area contributed by atoms with E-state index in [2.05, 4.69) is 28.1 Å². The van der Waals surface area contributed by atoms with Gasteiger partial charge in [-0.3, -0.25) is 0 Å². The zero-order valence-electron chi connectivity index (χ0n) is 7.98. The topological polar surface area (TPSA) is 26.0 Å². The maximum Gasteiger partial charge on any atom is 0.0455 e. The van der Waals surface area contributed by atoms with E-state index < -0.39 is 0 Å². The summed E-state index contributed by atoms with van der Waals surface area (Å²) < 4.78 is 1.09. The Kier molecular flexibility index (Phi) is 3.34. The lowest BCUT2D eigenvalue weighted by atomic mass is 10.3. The lowest BCUT2D eigenvalue weighted by Gasteiger charge is -2.04. The third-order valence-electron chi connectivity index (χ3n) is 1.96. The van der Waals surface area contributed by atoms with Gasteiger partial charge in [-0.05, 0) is 36.4 Å². The molecule has 1 nitrogen and oxygen atoms in total. The van der Waals surface area contributed by atoms with E-state index in [1.54, 1.807) is 11.8 Å². The molecule has 0 aliphatic rings. The number of hydrogen-bond acceptors (Lipinski definition) is 2. The molecule has 2 N–H and O–H groups in total. The highest BCUT2D eigenvalue weighted by Crippen LogP contribution is 2.32. The molecular weight excluding hydrogens is 270 g/mol. The molecule has 76 valence electrons. The van der Waals surface area contributed by atoms with Gasteiger partial charge in [-0.2, -0.15) is 0 Å². The van der Waals surface area contributed by atoms with Crippen LogP contribution in [0.4, 0.5) is 5.69 Å². The molecular formula is C12H10BrNS. The maximum atomic E-state index is 5.87. The fourth-order valence-electron chi connectivity index (χ4n) is 1.20. The highest BCUT2D eigenvalue weighted by molar-refractivity contribution is 9.10. The van der Waals surface area contributed by atoms with Gasteiger partial charge in [-0.15, -0.1) is 0 Å². The van der Waals surface area contributed by atoms with Gasteiger partial charge in [0.05, 0.1) is 0 Å². The Balaban J connectivity index is 2.22. The first-order valence-corrected chi connectivity index (χ1v) is 6.14. The monoisotopic (exact) mass is 279 g/mol. The number of anilines is 1. The van der Waals surface area contributed by atoms with Crippen LogP contribution in [0, 0.1) is 0 Å². The second-order valence-corrected chi connectivity index (χ2v) is 5.12. The Morgan fingerprint density at radius 1 is 0.933 bits per heavy atom. The summed E-state index contributed by atoms with van der Waals surface area (Å²) in [5.41, 5.74) is 6.69. The van der Waals surface area contributed by atoms with Crippen molar-refractivity contribution in [3.8, 4) is 0 Å². The summed E-state index contributed by atoms with van der Waals surface area (Å²) in [5.74, 6) is 0. The standard InChI is InChI=1S/C12H10BrNS/c13-9-5-7-10(8-6-9)15-12-4-2-1-3-11(12)14/h1-8H,14H2. The summed E-state index contributed by atoms with van der Waals surface area (Å²) in [5, 5.41) is 0. The van der Waals surface area contributed by atoms with Crippen LogP contribution < -0.4 is 5.73 Å². The van der Waals surface area contributed by atoms with E-state index in [9.17, 15) is 0 Å². The van der Waals surface area contributed by atoms with Gasteiger partial charge in [-0.25, -0.2) is 0 Å². The van der Waals surface area contributed by atoms with Crippen molar-refractivity contribution in [2.75, 3.05) is 5.73 Å². The van der Waals surface area contributed by atoms with Crippen molar-refractivity contribution in [3.63, 3.8) is 0 Å². The largest absolute Gasteiger partial charge is 0.398 e. The average Bonchev–Trinajstić information content (AvgIpc) is 2.25. The Labute approximate surface area is 102 Å². The SMILES string of the molecule is Nc1ccccc1Sc1ccc(Br)cc1. The lowest BCUT2D eigenvalue weighted by molar-refractivity contribution is 1.40. The Hall–Kier alpha value is -0.930. The van der Waals surface area contributed by atoms with E-state index in [4.69, 9.17) is 5.73 Å². The van der Waals surface area contributed by atoms with Crippen LogP contribution in [0.5, 0.6) is 0 Å². The molecule has 0 bridgehead atoms. The van der Waals surface area contributed by atoms with Crippen LogP contribution in [0.15, 0.2) is 62.8 Å². The first kappa shape index (κ1) is 10.6. The second-order valence-electron chi connectivity index (χ2n) is 3.09. The number of nitrogens with two attached hydrogens (primary N) is 1. The predicted molar refractivity (Wildman–Crippen MR) is 69.1 cm³/mol. The van der Waals surface area contributed by atoms with E-state index in [1.165, 1.54) is 4.90 Å². The van der Waals surface area contributed by atoms with Gasteiger partial charge in [0, 0.05) is 20.0 Å². The van der Waals surface area contributed by atoms with Gasteiger partial charge >= 0.3 is 0 Å². The van der Waals surface area contributed by atoms with Gasteiger partial charge in [0.25, 0.3) is 0 Å². The summed E-state index contributed by atoms with van der Waals surface area (Å²) >= 11 is 5.09. The minimum absolute atomic E-state index is 0.824. The Bertz CT molecular complexity index is 453. The van der Waals surface area contributed by atoms with Crippen LogP contribution in [0.2, 0.25) is 0 Å². The molecule has 15 heavy (non-hydrogen) atoms. The number of hydrogen-bond donors (Lipinski definition) is 1. The smallest absolute Gasteiger partial charge is 0.0455 e. The fourth-order valence-corrected chi connectivity index (χ4v) is 2.33. The molecule has 0 atom stereocenters. The quantitative estimate of drug-likeness (QED) is 0.835. The number of rotatable bonds is 2. The molecule has 0 aromatic heterocycles. The van der Waals surface area contributed by atoms with Crippen molar-refractivity contribution in [1.82, 2.24) is 0 Å². The normalized spacial score (nSPS) is 10.2. The number of para-hydroxylation sites is 1. The van der Waals surface area contributed by atoms with Gasteiger partial charge in [-0.1, -0.05) is 39.8 Å². The number of nitrogen functional groups attached to an aromatic ring is 1. The minimum atomic E-state index is 0.824. The van der Waals surface area contributed by atoms with E-state index in [0.717, 1.165) is 15.1 Å². The molecule has 2 rings (SSSR count). The Morgan fingerprint density at radius 3 is 2.27 bits per heavy atom. The molecule has 0 fully saturated rings. The van der Waals surface area contributed by atoms with Crippen molar-refractivity contribution in [1.29, 1.82) is 0 Å². The van der Waals surface area contributed by atoms with Crippen molar-refractivity contribution >= 4 is 33.4 Å². The molecule has 0 unspecified atom stereocenters. The lowest BCUT2D eigenvalue weighted by Crippen LogP contribution is -1.86. The first-order chi connectivity index (χ1) is 7.25. The van der Waals surface area contributed by atoms with Gasteiger partial charge in [0.2, 0.25) is 0 Å². The van der Waals surface area contributed by atoms with Crippen LogP contribution in [0.25, 0.3) is 0 Å². The molecule has 2 aromatic carbocycles. The highest BCUT2D eigenvalue weighted by atomic mass is 79.9. The molecule has 0 spiro atoms. The van der Waals surface area contributed by atoms with E-state index in [0.29, 0.717) is 0 Å². The van der Waals surface area contributed by atoms with Crippen LogP contribution >= 0.6 is 27.7 Å². The molecule has 0 aliphatic heterocycles. The molecule has 0 saturated heterocycles. The van der Waals surface area contributed by atoms with Gasteiger partial charge < -0.3 is 5.73 Å². The average molecular weight is 280 g/mol. The number of halogens is 1. The van der Waals surface area contributed by atoms with Gasteiger partial charge in [0.1, 0.15) is 0 Å². The summed E-state index contributed by atoms with van der Waals surface area (Å²) in [6.07, 6.45) is 0. The molecule has 0 aliphatic carbocycles. The number of benzene rings is 2. The zero-order valence-corrected chi connectivity index (χ0v) is 10.4. The second kappa shape index (κ2) is 4.73. The highest BCUT2D eigenvalue weighted by Gasteiger charge is 2.00. The fraction of sp³-hybridized carbons (Fsp3) is 0. The first-order valence-electron chi connectivity index (χ1n) is 4.53. The van der Waals surface area contributed by atoms with E-state index in [-0.39, 0.29) is 0 Å². The summed E-state index contributed by atoms with van der Waals surface area (Å²) in [6, 6.07) is 16.1. The summed E-state index contributed by atoms with van der Waals surface area (Å²) in [7, 11) is 0. The minimum Gasteiger partial charge on any atom is -0.398 e. The molecule has 3 heteroatoms. The van der Waals surface area contributed by atoms with Gasteiger partial charge in [0.15, 0.2) is 0 Å². The third-order valence-corrected chi connectivity index (χ3v) is 3.59. The van der Waals surface area contributed by atoms with Crippen molar-refractivity contribution < 1.29 is 0 Å². The van der Waals surface area contributed by atoms with Crippen molar-refractivity contribution in [2.45, 2.75) is 9.79 Å². The van der Waals surface area contributed by atoms with Crippen LogP contribution in [0.3, 0.4) is 0 Å². The molecule has 0 amide bonds. The molecule has 2 aromatic rings. The maximum absolute atomic E-state index is 5.87. The summed E-state index contributed by atoms with van der Waals surface area (Å²) in [4.78, 5) is 2.29.